The van der Waals surface area contributed by atoms with Gasteiger partial charge in [0.25, 0.3) is 0 Å². The first-order valence-electron chi connectivity index (χ1n) is 11.3. The molecule has 0 spiro atoms. The maximum absolute atomic E-state index is 13.8. The van der Waals surface area contributed by atoms with Crippen LogP contribution >= 0.6 is 23.1 Å². The molecule has 10 heteroatoms. The van der Waals surface area contributed by atoms with Gasteiger partial charge >= 0.3 is 5.97 Å². The van der Waals surface area contributed by atoms with Crippen LogP contribution in [0.4, 0.5) is 5.13 Å². The van der Waals surface area contributed by atoms with Crippen molar-refractivity contribution in [2.45, 2.75) is 24.4 Å². The zero-order valence-corrected chi connectivity index (χ0v) is 21.3. The summed E-state index contributed by atoms with van der Waals surface area (Å²) in [5.74, 6) is -0.624. The topological polar surface area (TPSA) is 106 Å². The number of anilines is 1. The number of amides is 2. The number of hydrogen-bond acceptors (Lipinski definition) is 8. The number of esters is 1. The normalized spacial score (nSPS) is 19.1. The third-order valence-corrected chi connectivity index (χ3v) is 8.62. The Morgan fingerprint density at radius 3 is 2.31 bits per heavy atom. The highest BCUT2D eigenvalue weighted by Crippen LogP contribution is 2.45. The van der Waals surface area contributed by atoms with E-state index >= 15 is 0 Å². The fraction of sp³-hybridized carbons (Fsp3) is 0.231. The molecule has 0 radical (unpaired) electrons. The summed E-state index contributed by atoms with van der Waals surface area (Å²) in [5, 5.41) is 0.172. The van der Waals surface area contributed by atoms with Crippen LogP contribution in [0.3, 0.4) is 0 Å². The summed E-state index contributed by atoms with van der Waals surface area (Å²) in [6.45, 7) is 1.46. The van der Waals surface area contributed by atoms with Gasteiger partial charge in [0.2, 0.25) is 11.8 Å². The number of aromatic nitrogens is 1. The lowest BCUT2D eigenvalue weighted by atomic mass is 10.0. The number of ether oxygens (including phenoxy) is 1. The number of rotatable bonds is 6. The number of benzene rings is 2. The minimum Gasteiger partial charge on any atom is -0.448 e. The van der Waals surface area contributed by atoms with Crippen molar-refractivity contribution < 1.29 is 19.1 Å². The molecule has 0 aliphatic carbocycles. The van der Waals surface area contributed by atoms with Crippen molar-refractivity contribution in [1.82, 2.24) is 9.88 Å². The van der Waals surface area contributed by atoms with Crippen molar-refractivity contribution in [3.8, 4) is 0 Å². The Bertz CT molecular complexity index is 1300. The minimum atomic E-state index is -0.667. The van der Waals surface area contributed by atoms with Gasteiger partial charge in [-0.25, -0.2) is 9.78 Å². The van der Waals surface area contributed by atoms with Crippen molar-refractivity contribution >= 4 is 51.6 Å². The first-order chi connectivity index (χ1) is 17.4. The van der Waals surface area contributed by atoms with Crippen LogP contribution in [-0.2, 0) is 19.1 Å². The van der Waals surface area contributed by atoms with Crippen LogP contribution in [-0.4, -0.2) is 51.9 Å². The number of carbonyl (C=O) groups excluding carboxylic acids is 3. The number of thioether (sulfide) groups is 1. The SMILES string of the molecule is CC(=O)N(C)c1ncc(C2=C(C(=O)OC(c3ccccc3)c3ccccc3)N3C(=O)C(N)C3SC2)s1. The van der Waals surface area contributed by atoms with E-state index in [0.29, 0.717) is 21.3 Å². The van der Waals surface area contributed by atoms with Gasteiger partial charge in [0.15, 0.2) is 11.2 Å². The van der Waals surface area contributed by atoms with E-state index in [1.165, 1.54) is 39.8 Å². The van der Waals surface area contributed by atoms with Gasteiger partial charge in [0.1, 0.15) is 17.1 Å². The number of nitrogens with zero attached hydrogens (tertiary/aromatic N) is 3. The molecule has 8 nitrogen and oxygen atoms in total. The number of fused-ring (bicyclic) bond motifs is 1. The van der Waals surface area contributed by atoms with Crippen molar-refractivity contribution in [2.24, 2.45) is 5.73 Å². The van der Waals surface area contributed by atoms with Crippen LogP contribution in [0.15, 0.2) is 72.6 Å². The zero-order chi connectivity index (χ0) is 25.4. The molecule has 2 aliphatic heterocycles. The van der Waals surface area contributed by atoms with Crippen LogP contribution < -0.4 is 10.6 Å². The second kappa shape index (κ2) is 9.88. The smallest absolute Gasteiger partial charge is 0.356 e. The maximum Gasteiger partial charge on any atom is 0.356 e. The van der Waals surface area contributed by atoms with E-state index in [2.05, 4.69) is 4.98 Å². The molecule has 184 valence electrons. The Labute approximate surface area is 216 Å². The molecule has 2 atom stereocenters. The Morgan fingerprint density at radius 1 is 1.11 bits per heavy atom. The van der Waals surface area contributed by atoms with Crippen molar-refractivity contribution in [1.29, 1.82) is 0 Å². The van der Waals surface area contributed by atoms with Crippen LogP contribution in [0.25, 0.3) is 5.57 Å². The fourth-order valence-electron chi connectivity index (χ4n) is 4.14. The quantitative estimate of drug-likeness (QED) is 0.392. The summed E-state index contributed by atoms with van der Waals surface area (Å²) in [5.41, 5.74) is 8.50. The summed E-state index contributed by atoms with van der Waals surface area (Å²) in [6.07, 6.45) is 0.964. The molecule has 2 aliphatic rings. The van der Waals surface area contributed by atoms with Crippen LogP contribution in [0, 0.1) is 0 Å². The average molecular weight is 521 g/mol. The molecule has 1 aromatic heterocycles. The van der Waals surface area contributed by atoms with E-state index < -0.39 is 18.1 Å². The van der Waals surface area contributed by atoms with Crippen molar-refractivity contribution in [3.63, 3.8) is 0 Å². The lowest BCUT2D eigenvalue weighted by Crippen LogP contribution is -2.68. The molecular weight excluding hydrogens is 496 g/mol. The Balaban J connectivity index is 1.56. The van der Waals surface area contributed by atoms with Gasteiger partial charge < -0.3 is 10.5 Å². The summed E-state index contributed by atoms with van der Waals surface area (Å²) in [4.78, 5) is 46.4. The number of carbonyl (C=O) groups is 3. The molecule has 2 aromatic carbocycles. The number of hydrogen-bond donors (Lipinski definition) is 1. The fourth-order valence-corrected chi connectivity index (χ4v) is 6.50. The van der Waals surface area contributed by atoms with E-state index in [-0.39, 0.29) is 22.9 Å². The zero-order valence-electron chi connectivity index (χ0n) is 19.7. The molecule has 2 unspecified atom stereocenters. The van der Waals surface area contributed by atoms with Gasteiger partial charge in [-0.15, -0.1) is 11.8 Å². The standard InChI is InChI=1S/C26H24N4O4S2/c1-15(31)29(2)26-28-13-19(36-26)18-14-35-24-20(27)23(32)30(24)21(18)25(33)34-22(16-9-5-3-6-10-16)17-11-7-4-8-12-17/h3-13,20,22,24H,14,27H2,1-2H3. The number of thiazole rings is 1. The highest BCUT2D eigenvalue weighted by molar-refractivity contribution is 8.00. The highest BCUT2D eigenvalue weighted by Gasteiger charge is 2.52. The third-order valence-electron chi connectivity index (χ3n) is 6.18. The Hall–Kier alpha value is -3.47. The van der Waals surface area contributed by atoms with Crippen molar-refractivity contribution in [2.75, 3.05) is 17.7 Å². The number of nitrogens with two attached hydrogens (primary N) is 1. The van der Waals surface area contributed by atoms with E-state index in [9.17, 15) is 14.4 Å². The van der Waals surface area contributed by atoms with E-state index in [1.807, 2.05) is 60.7 Å². The molecule has 0 saturated carbocycles. The molecule has 5 rings (SSSR count). The molecule has 1 fully saturated rings. The van der Waals surface area contributed by atoms with Crippen LogP contribution in [0.2, 0.25) is 0 Å². The predicted octanol–water partition coefficient (Wildman–Crippen LogP) is 3.41. The van der Waals surface area contributed by atoms with Gasteiger partial charge in [0.05, 0.1) is 4.88 Å². The first kappa shape index (κ1) is 24.2. The predicted molar refractivity (Wildman–Crippen MR) is 140 cm³/mol. The molecule has 36 heavy (non-hydrogen) atoms. The van der Waals surface area contributed by atoms with Crippen molar-refractivity contribution in [3.05, 3.63) is 88.6 Å². The summed E-state index contributed by atoms with van der Waals surface area (Å²) < 4.78 is 6.12. The van der Waals surface area contributed by atoms with E-state index in [1.54, 1.807) is 13.2 Å². The van der Waals surface area contributed by atoms with E-state index in [4.69, 9.17) is 10.5 Å². The van der Waals surface area contributed by atoms with Gasteiger partial charge in [-0.3, -0.25) is 19.4 Å². The monoisotopic (exact) mass is 520 g/mol. The molecule has 0 bridgehead atoms. The molecule has 2 N–H and O–H groups in total. The molecule has 3 aromatic rings. The van der Waals surface area contributed by atoms with Gasteiger partial charge in [0, 0.05) is 31.5 Å². The number of β-lactam (4-membered cyclic amide) rings is 1. The second-order valence-corrected chi connectivity index (χ2v) is 10.6. The maximum atomic E-state index is 13.8. The molecular formula is C26H24N4O4S2. The lowest BCUT2D eigenvalue weighted by molar-refractivity contribution is -0.152. The Kier molecular flexibility index (Phi) is 6.65. The largest absolute Gasteiger partial charge is 0.448 e. The van der Waals surface area contributed by atoms with Crippen LogP contribution in [0.5, 0.6) is 0 Å². The highest BCUT2D eigenvalue weighted by atomic mass is 32.2. The van der Waals surface area contributed by atoms with Crippen LogP contribution in [0.1, 0.15) is 29.0 Å². The second-order valence-electron chi connectivity index (χ2n) is 8.45. The van der Waals surface area contributed by atoms with Gasteiger partial charge in [-0.1, -0.05) is 72.0 Å². The minimum absolute atomic E-state index is 0.153. The average Bonchev–Trinajstić information content (AvgIpc) is 3.40. The summed E-state index contributed by atoms with van der Waals surface area (Å²) in [6, 6.07) is 18.3. The third kappa shape index (κ3) is 4.32. The summed E-state index contributed by atoms with van der Waals surface area (Å²) >= 11 is 2.78. The lowest BCUT2D eigenvalue weighted by Gasteiger charge is -2.48. The first-order valence-corrected chi connectivity index (χ1v) is 13.2. The Morgan fingerprint density at radius 2 is 1.72 bits per heavy atom. The van der Waals surface area contributed by atoms with Gasteiger partial charge in [-0.05, 0) is 11.1 Å². The van der Waals surface area contributed by atoms with Gasteiger partial charge in [-0.2, -0.15) is 0 Å². The molecule has 1 saturated heterocycles. The summed E-state index contributed by atoms with van der Waals surface area (Å²) in [7, 11) is 1.64. The van der Waals surface area contributed by atoms with E-state index in [0.717, 1.165) is 11.1 Å². The molecule has 2 amide bonds. The molecule has 3 heterocycles.